The van der Waals surface area contributed by atoms with Gasteiger partial charge in [-0.2, -0.15) is 9.78 Å². The maximum absolute atomic E-state index is 5.25. The normalized spacial score (nSPS) is 12.9. The lowest BCUT2D eigenvalue weighted by atomic mass is 10.1. The van der Waals surface area contributed by atoms with E-state index in [0.29, 0.717) is 0 Å². The van der Waals surface area contributed by atoms with Gasteiger partial charge in [-0.05, 0) is 36.9 Å². The van der Waals surface area contributed by atoms with Gasteiger partial charge < -0.3 is 4.74 Å². The molecule has 0 atom stereocenters. The van der Waals surface area contributed by atoms with Crippen LogP contribution < -0.4 is 4.74 Å². The van der Waals surface area contributed by atoms with Crippen LogP contribution in [0.25, 0.3) is 10.9 Å². The zero-order chi connectivity index (χ0) is 14.4. The van der Waals surface area contributed by atoms with Crippen molar-refractivity contribution in [1.29, 1.82) is 0 Å². The predicted molar refractivity (Wildman–Crippen MR) is 80.2 cm³/mol. The van der Waals surface area contributed by atoms with E-state index >= 15 is 0 Å². The average Bonchev–Trinajstić information content (AvgIpc) is 2.75. The smallest absolute Gasteiger partial charge is 0.218 e. The summed E-state index contributed by atoms with van der Waals surface area (Å²) in [5, 5.41) is 15.2. The molecule has 0 fully saturated rings. The molecule has 7 heteroatoms. The van der Waals surface area contributed by atoms with Crippen LogP contribution in [0.1, 0.15) is 11.4 Å². The number of aromatic nitrogens is 4. The fourth-order valence-electron chi connectivity index (χ4n) is 2.19. The third-order valence-corrected chi connectivity index (χ3v) is 4.24. The van der Waals surface area contributed by atoms with Crippen molar-refractivity contribution in [1.82, 2.24) is 19.9 Å². The monoisotopic (exact) mass is 297 g/mol. The van der Waals surface area contributed by atoms with Gasteiger partial charge in [-0.3, -0.25) is 0 Å². The molecule has 0 saturated heterocycles. The number of hydrogen-bond acceptors (Lipinski definition) is 6. The Morgan fingerprint density at radius 1 is 1.19 bits per heavy atom. The van der Waals surface area contributed by atoms with Crippen molar-refractivity contribution in [2.24, 2.45) is 5.10 Å². The Kier molecular flexibility index (Phi) is 2.68. The summed E-state index contributed by atoms with van der Waals surface area (Å²) in [6.07, 6.45) is 1.80. The number of aryl methyl sites for hydroxylation is 1. The van der Waals surface area contributed by atoms with Crippen molar-refractivity contribution >= 4 is 28.9 Å². The molecule has 0 aliphatic carbocycles. The van der Waals surface area contributed by atoms with Gasteiger partial charge in [0.15, 0.2) is 5.82 Å². The number of hydrogen-bond donors (Lipinski definition) is 0. The summed E-state index contributed by atoms with van der Waals surface area (Å²) < 4.78 is 6.97. The van der Waals surface area contributed by atoms with E-state index in [1.807, 2.05) is 25.1 Å². The highest BCUT2D eigenvalue weighted by atomic mass is 32.2. The topological polar surface area (TPSA) is 65.2 Å². The lowest BCUT2D eigenvalue weighted by Gasteiger charge is -2.05. The maximum Gasteiger partial charge on any atom is 0.218 e. The van der Waals surface area contributed by atoms with E-state index < -0.39 is 0 Å². The molecular formula is C14H11N5OS. The Balaban J connectivity index is 1.91. The molecule has 1 aromatic carbocycles. The first-order chi connectivity index (χ1) is 10.2. The second-order valence-corrected chi connectivity index (χ2v) is 5.59. The Morgan fingerprint density at radius 2 is 2.10 bits per heavy atom. The van der Waals surface area contributed by atoms with E-state index in [1.54, 1.807) is 18.0 Å². The number of ether oxygens (including phenoxy) is 1. The average molecular weight is 297 g/mol. The van der Waals surface area contributed by atoms with Crippen LogP contribution in [0.5, 0.6) is 5.75 Å². The van der Waals surface area contributed by atoms with Crippen LogP contribution in [0.15, 0.2) is 39.5 Å². The van der Waals surface area contributed by atoms with E-state index in [0.717, 1.165) is 38.2 Å². The van der Waals surface area contributed by atoms with Crippen molar-refractivity contribution in [3.05, 3.63) is 35.7 Å². The van der Waals surface area contributed by atoms with Gasteiger partial charge in [0, 0.05) is 17.0 Å². The Hall–Kier alpha value is -2.41. The minimum atomic E-state index is 0.720. The largest absolute Gasteiger partial charge is 0.497 e. The summed E-state index contributed by atoms with van der Waals surface area (Å²) in [5.74, 6) is 1.55. The van der Waals surface area contributed by atoms with Gasteiger partial charge in [-0.1, -0.05) is 0 Å². The molecule has 2 aromatic heterocycles. The fourth-order valence-corrected chi connectivity index (χ4v) is 3.08. The van der Waals surface area contributed by atoms with Gasteiger partial charge in [0.05, 0.1) is 18.8 Å². The predicted octanol–water partition coefficient (Wildman–Crippen LogP) is 2.49. The summed E-state index contributed by atoms with van der Waals surface area (Å²) in [5.41, 5.74) is 1.86. The highest BCUT2D eigenvalue weighted by Gasteiger charge is 2.17. The maximum atomic E-state index is 5.25. The quantitative estimate of drug-likeness (QED) is 0.540. The summed E-state index contributed by atoms with van der Waals surface area (Å²) >= 11 is 1.46. The van der Waals surface area contributed by atoms with Crippen LogP contribution in [-0.2, 0) is 0 Å². The third kappa shape index (κ3) is 1.97. The van der Waals surface area contributed by atoms with Gasteiger partial charge in [0.2, 0.25) is 5.16 Å². The van der Waals surface area contributed by atoms with Crippen LogP contribution in [0, 0.1) is 6.92 Å². The molecular weight excluding hydrogens is 286 g/mol. The standard InChI is InChI=1S/C14H11N5OS/c1-8-17-18-14-19(8)15-7-10-5-9-3-4-11(20-2)6-12(9)16-13(10)21-14/h3-7H,1-2H3. The summed E-state index contributed by atoms with van der Waals surface area (Å²) in [6.45, 7) is 1.87. The summed E-state index contributed by atoms with van der Waals surface area (Å²) in [6, 6.07) is 7.92. The van der Waals surface area contributed by atoms with Gasteiger partial charge in [-0.25, -0.2) is 4.98 Å². The van der Waals surface area contributed by atoms with Crippen LogP contribution in [0.4, 0.5) is 0 Å². The Morgan fingerprint density at radius 3 is 2.95 bits per heavy atom. The molecule has 0 unspecified atom stereocenters. The molecule has 4 rings (SSSR count). The molecule has 0 amide bonds. The number of benzene rings is 1. The third-order valence-electron chi connectivity index (χ3n) is 3.29. The highest BCUT2D eigenvalue weighted by Crippen LogP contribution is 2.32. The van der Waals surface area contributed by atoms with Gasteiger partial charge >= 0.3 is 0 Å². The van der Waals surface area contributed by atoms with E-state index in [9.17, 15) is 0 Å². The molecule has 1 aliphatic rings. The number of methoxy groups -OCH3 is 1. The molecule has 3 aromatic rings. The second-order valence-electron chi connectivity index (χ2n) is 4.63. The molecule has 104 valence electrons. The first kappa shape index (κ1) is 12.3. The molecule has 0 N–H and O–H groups in total. The van der Waals surface area contributed by atoms with Crippen molar-refractivity contribution in [2.45, 2.75) is 17.1 Å². The van der Waals surface area contributed by atoms with Crippen molar-refractivity contribution in [3.63, 3.8) is 0 Å². The number of pyridine rings is 1. The minimum Gasteiger partial charge on any atom is -0.497 e. The van der Waals surface area contributed by atoms with Gasteiger partial charge in [0.25, 0.3) is 0 Å². The summed E-state index contributed by atoms with van der Waals surface area (Å²) in [4.78, 5) is 4.70. The second kappa shape index (κ2) is 4.56. The highest BCUT2D eigenvalue weighted by molar-refractivity contribution is 7.99. The molecule has 0 bridgehead atoms. The molecule has 3 heterocycles. The number of nitrogens with zero attached hydrogens (tertiary/aromatic N) is 5. The molecule has 21 heavy (non-hydrogen) atoms. The van der Waals surface area contributed by atoms with E-state index in [1.165, 1.54) is 11.8 Å². The number of fused-ring (bicyclic) bond motifs is 3. The SMILES string of the molecule is COc1ccc2cc3c(nc2c1)Sc1nnc(C)n1N=C3. The van der Waals surface area contributed by atoms with E-state index in [4.69, 9.17) is 9.72 Å². The van der Waals surface area contributed by atoms with Crippen LogP contribution in [-0.4, -0.2) is 33.2 Å². The van der Waals surface area contributed by atoms with E-state index in [-0.39, 0.29) is 0 Å². The van der Waals surface area contributed by atoms with Gasteiger partial charge in [0.1, 0.15) is 10.8 Å². The zero-order valence-corrected chi connectivity index (χ0v) is 12.3. The van der Waals surface area contributed by atoms with Gasteiger partial charge in [-0.15, -0.1) is 10.2 Å². The zero-order valence-electron chi connectivity index (χ0n) is 11.4. The lowest BCUT2D eigenvalue weighted by Crippen LogP contribution is -1.93. The molecule has 1 aliphatic heterocycles. The van der Waals surface area contributed by atoms with E-state index in [2.05, 4.69) is 21.4 Å². The first-order valence-corrected chi connectivity index (χ1v) is 7.19. The first-order valence-electron chi connectivity index (χ1n) is 6.37. The van der Waals surface area contributed by atoms with Crippen molar-refractivity contribution < 1.29 is 4.74 Å². The number of rotatable bonds is 1. The minimum absolute atomic E-state index is 0.720. The lowest BCUT2D eigenvalue weighted by molar-refractivity contribution is 0.415. The Bertz CT molecular complexity index is 886. The Labute approximate surface area is 124 Å². The molecule has 0 spiro atoms. The van der Waals surface area contributed by atoms with Crippen LogP contribution in [0.3, 0.4) is 0 Å². The summed E-state index contributed by atoms with van der Waals surface area (Å²) in [7, 11) is 1.65. The van der Waals surface area contributed by atoms with Crippen molar-refractivity contribution in [3.8, 4) is 5.75 Å². The molecule has 0 saturated carbocycles. The molecule has 6 nitrogen and oxygen atoms in total. The molecule has 0 radical (unpaired) electrons. The fraction of sp³-hybridized carbons (Fsp3) is 0.143. The van der Waals surface area contributed by atoms with Crippen LogP contribution >= 0.6 is 11.8 Å². The van der Waals surface area contributed by atoms with Crippen LogP contribution in [0.2, 0.25) is 0 Å². The van der Waals surface area contributed by atoms with Crippen molar-refractivity contribution in [2.75, 3.05) is 7.11 Å².